The minimum Gasteiger partial charge on any atom is -0.493 e. The van der Waals surface area contributed by atoms with Crippen LogP contribution in [0.2, 0.25) is 0 Å². The Kier molecular flexibility index (Phi) is 6.32. The highest BCUT2D eigenvalue weighted by molar-refractivity contribution is 6.39. The van der Waals surface area contributed by atoms with E-state index in [4.69, 9.17) is 9.47 Å². The van der Waals surface area contributed by atoms with Crippen LogP contribution in [0.4, 0.5) is 5.69 Å². The minimum atomic E-state index is -0.871. The summed E-state index contributed by atoms with van der Waals surface area (Å²) in [6.45, 7) is 3.75. The van der Waals surface area contributed by atoms with E-state index in [1.165, 1.54) is 20.4 Å². The summed E-state index contributed by atoms with van der Waals surface area (Å²) in [4.78, 5) is 23.9. The van der Waals surface area contributed by atoms with Crippen molar-refractivity contribution in [3.8, 4) is 11.5 Å². The molecule has 0 atom stereocenters. The molecule has 2 aromatic carbocycles. The zero-order valence-electron chi connectivity index (χ0n) is 15.1. The fraction of sp³-hybridized carbons (Fsp3) is 0.211. The molecule has 2 rings (SSSR count). The highest BCUT2D eigenvalue weighted by Crippen LogP contribution is 2.29. The van der Waals surface area contributed by atoms with Gasteiger partial charge in [-0.15, -0.1) is 0 Å². The normalized spacial score (nSPS) is 10.5. The van der Waals surface area contributed by atoms with Crippen LogP contribution in [-0.4, -0.2) is 32.2 Å². The van der Waals surface area contributed by atoms with Gasteiger partial charge in [0.15, 0.2) is 11.5 Å². The fourth-order valence-corrected chi connectivity index (χ4v) is 2.27. The maximum absolute atomic E-state index is 12.0. The number of carbonyl (C=O) groups excluding carboxylic acids is 2. The number of benzene rings is 2. The third-order valence-electron chi connectivity index (χ3n) is 3.65. The van der Waals surface area contributed by atoms with Gasteiger partial charge in [0.05, 0.1) is 20.4 Å². The first-order valence-corrected chi connectivity index (χ1v) is 7.89. The van der Waals surface area contributed by atoms with E-state index in [-0.39, 0.29) is 0 Å². The molecule has 0 spiro atoms. The van der Waals surface area contributed by atoms with Gasteiger partial charge in [-0.1, -0.05) is 18.2 Å². The number of hydrogen-bond acceptors (Lipinski definition) is 5. The molecule has 7 heteroatoms. The van der Waals surface area contributed by atoms with Crippen LogP contribution in [0, 0.1) is 13.8 Å². The summed E-state index contributed by atoms with van der Waals surface area (Å²) in [6, 6.07) is 10.8. The molecule has 2 aromatic rings. The highest BCUT2D eigenvalue weighted by Gasteiger charge is 2.14. The van der Waals surface area contributed by atoms with Crippen LogP contribution >= 0.6 is 0 Å². The largest absolute Gasteiger partial charge is 0.493 e. The molecule has 0 saturated carbocycles. The molecule has 0 aromatic heterocycles. The molecule has 0 aliphatic carbocycles. The van der Waals surface area contributed by atoms with Gasteiger partial charge in [-0.05, 0) is 43.2 Å². The van der Waals surface area contributed by atoms with E-state index in [0.717, 1.165) is 11.1 Å². The molecule has 0 aliphatic heterocycles. The molecule has 26 heavy (non-hydrogen) atoms. The van der Waals surface area contributed by atoms with Gasteiger partial charge in [0.1, 0.15) is 0 Å². The van der Waals surface area contributed by atoms with Crippen molar-refractivity contribution >= 4 is 23.7 Å². The van der Waals surface area contributed by atoms with Gasteiger partial charge >= 0.3 is 11.8 Å². The molecule has 0 heterocycles. The van der Waals surface area contributed by atoms with Crippen LogP contribution in [0.15, 0.2) is 41.5 Å². The zero-order chi connectivity index (χ0) is 19.1. The second kappa shape index (κ2) is 8.66. The lowest BCUT2D eigenvalue weighted by molar-refractivity contribution is -0.136. The third kappa shape index (κ3) is 4.60. The number of nitrogens with zero attached hydrogens (tertiary/aromatic N) is 1. The summed E-state index contributed by atoms with van der Waals surface area (Å²) < 4.78 is 10.5. The summed E-state index contributed by atoms with van der Waals surface area (Å²) in [5.41, 5.74) is 5.23. The number of amides is 2. The van der Waals surface area contributed by atoms with E-state index in [1.54, 1.807) is 24.3 Å². The van der Waals surface area contributed by atoms with Gasteiger partial charge < -0.3 is 14.8 Å². The Morgan fingerprint density at radius 3 is 2.50 bits per heavy atom. The Morgan fingerprint density at radius 1 is 1.04 bits per heavy atom. The first-order valence-electron chi connectivity index (χ1n) is 7.89. The molecular weight excluding hydrogens is 334 g/mol. The lowest BCUT2D eigenvalue weighted by Crippen LogP contribution is -2.32. The Hall–Kier alpha value is -3.35. The van der Waals surface area contributed by atoms with Gasteiger partial charge in [-0.25, -0.2) is 5.43 Å². The smallest absolute Gasteiger partial charge is 0.329 e. The van der Waals surface area contributed by atoms with Crippen LogP contribution in [-0.2, 0) is 9.59 Å². The molecule has 2 N–H and O–H groups in total. The highest BCUT2D eigenvalue weighted by atomic mass is 16.5. The third-order valence-corrected chi connectivity index (χ3v) is 3.65. The van der Waals surface area contributed by atoms with Gasteiger partial charge in [0.25, 0.3) is 0 Å². The molecular formula is C19H21N3O4. The Labute approximate surface area is 152 Å². The standard InChI is InChI=1S/C19H21N3O4/c1-12-8-9-13(2)15(10-12)21-18(23)19(24)22-20-11-14-6-5-7-16(25-3)17(14)26-4/h5-11H,1-4H3,(H,21,23)(H,22,24)/b20-11-. The number of para-hydroxylation sites is 1. The van der Waals surface area contributed by atoms with Crippen molar-refractivity contribution in [1.29, 1.82) is 0 Å². The van der Waals surface area contributed by atoms with Gasteiger partial charge in [0, 0.05) is 11.3 Å². The number of hydrazone groups is 1. The molecule has 0 fully saturated rings. The average molecular weight is 355 g/mol. The first kappa shape index (κ1) is 19.0. The summed E-state index contributed by atoms with van der Waals surface area (Å²) in [5, 5.41) is 6.38. The van der Waals surface area contributed by atoms with Gasteiger partial charge in [-0.2, -0.15) is 5.10 Å². The number of nitrogens with one attached hydrogen (secondary N) is 2. The minimum absolute atomic E-state index is 0.479. The molecule has 0 radical (unpaired) electrons. The Balaban J connectivity index is 2.03. The van der Waals surface area contributed by atoms with E-state index in [9.17, 15) is 9.59 Å². The molecule has 2 amide bonds. The number of hydrogen-bond donors (Lipinski definition) is 2. The molecule has 7 nitrogen and oxygen atoms in total. The maximum atomic E-state index is 12.0. The van der Waals surface area contributed by atoms with Crippen molar-refractivity contribution in [1.82, 2.24) is 5.43 Å². The number of aryl methyl sites for hydroxylation is 2. The van der Waals surface area contributed by atoms with Crippen molar-refractivity contribution in [2.45, 2.75) is 13.8 Å². The summed E-state index contributed by atoms with van der Waals surface area (Å²) in [7, 11) is 3.03. The average Bonchev–Trinajstić information content (AvgIpc) is 2.64. The Bertz CT molecular complexity index is 847. The van der Waals surface area contributed by atoms with E-state index in [0.29, 0.717) is 22.7 Å². The molecule has 0 bridgehead atoms. The van der Waals surface area contributed by atoms with Crippen LogP contribution in [0.5, 0.6) is 11.5 Å². The van der Waals surface area contributed by atoms with Crippen LogP contribution < -0.4 is 20.2 Å². The van der Waals surface area contributed by atoms with Crippen molar-refractivity contribution in [3.05, 3.63) is 53.1 Å². The number of anilines is 1. The molecule has 0 saturated heterocycles. The topological polar surface area (TPSA) is 89.0 Å². The first-order chi connectivity index (χ1) is 12.5. The van der Waals surface area contributed by atoms with Gasteiger partial charge in [0.2, 0.25) is 0 Å². The predicted molar refractivity (Wildman–Crippen MR) is 99.8 cm³/mol. The predicted octanol–water partition coefficient (Wildman–Crippen LogP) is 2.41. The van der Waals surface area contributed by atoms with Crippen molar-refractivity contribution < 1.29 is 19.1 Å². The monoisotopic (exact) mass is 355 g/mol. The van der Waals surface area contributed by atoms with Crippen LogP contribution in [0.3, 0.4) is 0 Å². The lowest BCUT2D eigenvalue weighted by atomic mass is 10.1. The zero-order valence-corrected chi connectivity index (χ0v) is 15.1. The van der Waals surface area contributed by atoms with E-state index in [1.807, 2.05) is 26.0 Å². The van der Waals surface area contributed by atoms with Crippen LogP contribution in [0.1, 0.15) is 16.7 Å². The van der Waals surface area contributed by atoms with Gasteiger partial charge in [-0.3, -0.25) is 9.59 Å². The van der Waals surface area contributed by atoms with E-state index in [2.05, 4.69) is 15.8 Å². The lowest BCUT2D eigenvalue weighted by Gasteiger charge is -2.09. The number of ether oxygens (including phenoxy) is 2. The maximum Gasteiger partial charge on any atom is 0.329 e. The van der Waals surface area contributed by atoms with Crippen LogP contribution in [0.25, 0.3) is 0 Å². The number of carbonyl (C=O) groups is 2. The van der Waals surface area contributed by atoms with E-state index < -0.39 is 11.8 Å². The second-order valence-corrected chi connectivity index (χ2v) is 5.55. The molecule has 0 unspecified atom stereocenters. The quantitative estimate of drug-likeness (QED) is 0.490. The molecule has 0 aliphatic rings. The SMILES string of the molecule is COc1cccc(/C=N\NC(=O)C(=O)Nc2cc(C)ccc2C)c1OC. The summed E-state index contributed by atoms with van der Waals surface area (Å²) >= 11 is 0. The van der Waals surface area contributed by atoms with E-state index >= 15 is 0 Å². The molecule has 136 valence electrons. The number of methoxy groups -OCH3 is 2. The second-order valence-electron chi connectivity index (χ2n) is 5.55. The summed E-state index contributed by atoms with van der Waals surface area (Å²) in [5.74, 6) is -0.652. The number of rotatable bonds is 5. The van der Waals surface area contributed by atoms with Crippen molar-refractivity contribution in [2.75, 3.05) is 19.5 Å². The van der Waals surface area contributed by atoms with Crippen molar-refractivity contribution in [2.24, 2.45) is 5.10 Å². The fourth-order valence-electron chi connectivity index (χ4n) is 2.27. The Morgan fingerprint density at radius 2 is 1.81 bits per heavy atom. The summed E-state index contributed by atoms with van der Waals surface area (Å²) in [6.07, 6.45) is 1.38. The van der Waals surface area contributed by atoms with Crippen molar-refractivity contribution in [3.63, 3.8) is 0 Å².